The maximum absolute atomic E-state index is 11.6. The van der Waals surface area contributed by atoms with Crippen molar-refractivity contribution in [1.82, 2.24) is 5.32 Å². The van der Waals surface area contributed by atoms with Gasteiger partial charge in [0.25, 0.3) is 11.7 Å². The smallest absolute Gasteiger partial charge is 0.283 e. The van der Waals surface area contributed by atoms with Crippen molar-refractivity contribution in [2.45, 2.75) is 11.9 Å². The van der Waals surface area contributed by atoms with Gasteiger partial charge in [0, 0.05) is 6.54 Å². The molecule has 1 spiro atoms. The van der Waals surface area contributed by atoms with Crippen molar-refractivity contribution in [1.29, 1.82) is 0 Å². The molecular formula is C11H11NO3. The van der Waals surface area contributed by atoms with Gasteiger partial charge in [0.2, 0.25) is 0 Å². The Morgan fingerprint density at radius 3 is 2.87 bits per heavy atom. The third kappa shape index (κ3) is 1.26. The Hall–Kier alpha value is -1.39. The zero-order valence-electron chi connectivity index (χ0n) is 8.10. The summed E-state index contributed by atoms with van der Waals surface area (Å²) < 4.78 is 10.8. The monoisotopic (exact) mass is 205 g/mol. The first-order valence-corrected chi connectivity index (χ1v) is 4.98. The fourth-order valence-corrected chi connectivity index (χ4v) is 1.89. The Kier molecular flexibility index (Phi) is 1.81. The Bertz CT molecular complexity index is 392. The molecule has 2 fully saturated rings. The first-order valence-electron chi connectivity index (χ1n) is 4.98. The van der Waals surface area contributed by atoms with Crippen molar-refractivity contribution in [3.8, 4) is 0 Å². The number of benzene rings is 1. The number of nitrogens with one attached hydrogen (secondary N) is 1. The van der Waals surface area contributed by atoms with E-state index in [1.165, 1.54) is 0 Å². The number of carbonyl (C=O) groups is 1. The van der Waals surface area contributed by atoms with Crippen LogP contribution in [0, 0.1) is 0 Å². The van der Waals surface area contributed by atoms with Gasteiger partial charge in [-0.05, 0) is 5.56 Å². The molecule has 1 aromatic carbocycles. The quantitative estimate of drug-likeness (QED) is 0.683. The molecule has 3 rings (SSSR count). The van der Waals surface area contributed by atoms with Crippen LogP contribution in [0.4, 0.5) is 0 Å². The predicted molar refractivity (Wildman–Crippen MR) is 52.0 cm³/mol. The lowest BCUT2D eigenvalue weighted by atomic mass is 10.1. The normalized spacial score (nSPS) is 33.9. The fourth-order valence-electron chi connectivity index (χ4n) is 1.89. The average molecular weight is 205 g/mol. The highest BCUT2D eigenvalue weighted by atomic mass is 16.8. The summed E-state index contributed by atoms with van der Waals surface area (Å²) in [6.07, 6.45) is -0.251. The van der Waals surface area contributed by atoms with E-state index >= 15 is 0 Å². The number of hydrogen-bond acceptors (Lipinski definition) is 3. The molecular weight excluding hydrogens is 194 g/mol. The molecule has 0 saturated carbocycles. The van der Waals surface area contributed by atoms with Gasteiger partial charge in [-0.1, -0.05) is 30.3 Å². The minimum absolute atomic E-state index is 0.164. The van der Waals surface area contributed by atoms with Gasteiger partial charge < -0.3 is 14.8 Å². The molecule has 0 radical (unpaired) electrons. The topological polar surface area (TPSA) is 50.9 Å². The molecule has 0 aliphatic carbocycles. The SMILES string of the molecule is O=C1NCCO[C@@]12O[C@@H]2c1ccccc1. The second-order valence-electron chi connectivity index (χ2n) is 3.68. The van der Waals surface area contributed by atoms with E-state index in [0.29, 0.717) is 13.2 Å². The van der Waals surface area contributed by atoms with E-state index in [9.17, 15) is 4.79 Å². The maximum Gasteiger partial charge on any atom is 0.283 e. The molecule has 1 aromatic rings. The van der Waals surface area contributed by atoms with Crippen LogP contribution in [0.25, 0.3) is 0 Å². The van der Waals surface area contributed by atoms with Crippen molar-refractivity contribution in [2.75, 3.05) is 13.2 Å². The largest absolute Gasteiger partial charge is 0.349 e. The number of ether oxygens (including phenoxy) is 2. The van der Waals surface area contributed by atoms with Crippen LogP contribution in [-0.4, -0.2) is 24.8 Å². The summed E-state index contributed by atoms with van der Waals surface area (Å²) in [4.78, 5) is 11.6. The molecule has 1 amide bonds. The maximum atomic E-state index is 11.6. The van der Waals surface area contributed by atoms with Crippen LogP contribution in [0.15, 0.2) is 30.3 Å². The van der Waals surface area contributed by atoms with E-state index in [2.05, 4.69) is 5.32 Å². The number of rotatable bonds is 1. The van der Waals surface area contributed by atoms with Crippen LogP contribution >= 0.6 is 0 Å². The fraction of sp³-hybridized carbons (Fsp3) is 0.364. The second-order valence-corrected chi connectivity index (χ2v) is 3.68. The van der Waals surface area contributed by atoms with Crippen LogP contribution in [0.5, 0.6) is 0 Å². The minimum atomic E-state index is -1.04. The lowest BCUT2D eigenvalue weighted by Crippen LogP contribution is -2.47. The van der Waals surface area contributed by atoms with Crippen LogP contribution in [0.1, 0.15) is 11.7 Å². The zero-order valence-corrected chi connectivity index (χ0v) is 8.10. The van der Waals surface area contributed by atoms with Crippen LogP contribution < -0.4 is 5.32 Å². The third-order valence-electron chi connectivity index (χ3n) is 2.70. The number of morpholine rings is 1. The number of amides is 1. The van der Waals surface area contributed by atoms with E-state index in [-0.39, 0.29) is 12.0 Å². The number of epoxide rings is 1. The molecule has 2 saturated heterocycles. The lowest BCUT2D eigenvalue weighted by Gasteiger charge is -2.19. The third-order valence-corrected chi connectivity index (χ3v) is 2.70. The van der Waals surface area contributed by atoms with Gasteiger partial charge in [-0.3, -0.25) is 4.79 Å². The molecule has 1 N–H and O–H groups in total. The molecule has 4 heteroatoms. The van der Waals surface area contributed by atoms with Crippen molar-refractivity contribution in [3.63, 3.8) is 0 Å². The van der Waals surface area contributed by atoms with Gasteiger partial charge >= 0.3 is 0 Å². The van der Waals surface area contributed by atoms with E-state index in [1.807, 2.05) is 30.3 Å². The van der Waals surface area contributed by atoms with Gasteiger partial charge in [0.15, 0.2) is 6.10 Å². The Morgan fingerprint density at radius 1 is 1.33 bits per heavy atom. The standard InChI is InChI=1S/C11H11NO3/c13-10-11(14-7-6-12-10)9(15-11)8-4-2-1-3-5-8/h1-5,9H,6-7H2,(H,12,13)/t9-,11+/m1/s1. The van der Waals surface area contributed by atoms with Crippen molar-refractivity contribution < 1.29 is 14.3 Å². The molecule has 78 valence electrons. The molecule has 2 aliphatic heterocycles. The molecule has 0 bridgehead atoms. The van der Waals surface area contributed by atoms with Crippen LogP contribution in [0.2, 0.25) is 0 Å². The Balaban J connectivity index is 1.85. The molecule has 2 atom stereocenters. The van der Waals surface area contributed by atoms with E-state index in [0.717, 1.165) is 5.56 Å². The van der Waals surface area contributed by atoms with Gasteiger partial charge in [0.05, 0.1) is 6.61 Å². The summed E-state index contributed by atoms with van der Waals surface area (Å²) in [5.41, 5.74) is 0.981. The highest BCUT2D eigenvalue weighted by Gasteiger charge is 2.66. The molecule has 2 aliphatic rings. The molecule has 15 heavy (non-hydrogen) atoms. The molecule has 0 unspecified atom stereocenters. The summed E-state index contributed by atoms with van der Waals surface area (Å²) in [5.74, 6) is -1.21. The summed E-state index contributed by atoms with van der Waals surface area (Å²) in [6, 6.07) is 9.65. The van der Waals surface area contributed by atoms with Gasteiger partial charge in [-0.15, -0.1) is 0 Å². The summed E-state index contributed by atoms with van der Waals surface area (Å²) >= 11 is 0. The molecule has 0 aromatic heterocycles. The number of carbonyl (C=O) groups excluding carboxylic acids is 1. The summed E-state index contributed by atoms with van der Waals surface area (Å²) in [7, 11) is 0. The summed E-state index contributed by atoms with van der Waals surface area (Å²) in [6.45, 7) is 1.07. The van der Waals surface area contributed by atoms with Crippen molar-refractivity contribution >= 4 is 5.91 Å². The summed E-state index contributed by atoms with van der Waals surface area (Å²) in [5, 5.41) is 2.75. The van der Waals surface area contributed by atoms with Crippen LogP contribution in [-0.2, 0) is 14.3 Å². The minimum Gasteiger partial charge on any atom is -0.349 e. The second kappa shape index (κ2) is 3.05. The van der Waals surface area contributed by atoms with Gasteiger partial charge in [0.1, 0.15) is 0 Å². The first-order chi connectivity index (χ1) is 7.33. The highest BCUT2D eigenvalue weighted by molar-refractivity contribution is 5.87. The molecule has 2 heterocycles. The lowest BCUT2D eigenvalue weighted by molar-refractivity contribution is -0.153. The first kappa shape index (κ1) is 8.88. The van der Waals surface area contributed by atoms with E-state index in [4.69, 9.17) is 9.47 Å². The van der Waals surface area contributed by atoms with Crippen molar-refractivity contribution in [3.05, 3.63) is 35.9 Å². The van der Waals surface area contributed by atoms with E-state index in [1.54, 1.807) is 0 Å². The van der Waals surface area contributed by atoms with Crippen LogP contribution in [0.3, 0.4) is 0 Å². The average Bonchev–Trinajstić information content (AvgIpc) is 3.00. The molecule has 4 nitrogen and oxygen atoms in total. The predicted octanol–water partition coefficient (Wildman–Crippen LogP) is 0.601. The Morgan fingerprint density at radius 2 is 2.13 bits per heavy atom. The van der Waals surface area contributed by atoms with E-state index < -0.39 is 5.79 Å². The van der Waals surface area contributed by atoms with Gasteiger partial charge in [-0.2, -0.15) is 0 Å². The zero-order chi connectivity index (χ0) is 10.3. The van der Waals surface area contributed by atoms with Gasteiger partial charge in [-0.25, -0.2) is 0 Å². The number of hydrogen-bond donors (Lipinski definition) is 1. The highest BCUT2D eigenvalue weighted by Crippen LogP contribution is 2.51. The Labute approximate surface area is 87.2 Å². The van der Waals surface area contributed by atoms with Crippen molar-refractivity contribution in [2.24, 2.45) is 0 Å².